The predicted octanol–water partition coefficient (Wildman–Crippen LogP) is 2.05. The number of aliphatic hydroxyl groups excluding tert-OH is 1. The molecule has 1 amide bonds. The van der Waals surface area contributed by atoms with Crippen molar-refractivity contribution in [2.24, 2.45) is 11.8 Å². The molecule has 2 N–H and O–H groups in total. The lowest BCUT2D eigenvalue weighted by Gasteiger charge is -2.22. The normalized spacial score (nSPS) is 23.8. The molecule has 18 heavy (non-hydrogen) atoms. The van der Waals surface area contributed by atoms with Crippen LogP contribution in [-0.2, 0) is 11.2 Å². The Morgan fingerprint density at radius 2 is 2.00 bits per heavy atom. The summed E-state index contributed by atoms with van der Waals surface area (Å²) in [6.45, 7) is 5.99. The van der Waals surface area contributed by atoms with Crippen LogP contribution in [0.2, 0.25) is 0 Å². The topological polar surface area (TPSA) is 49.3 Å². The van der Waals surface area contributed by atoms with Crippen LogP contribution < -0.4 is 5.32 Å². The molecule has 2 rings (SSSR count). The van der Waals surface area contributed by atoms with E-state index in [0.29, 0.717) is 12.3 Å². The first kappa shape index (κ1) is 13.1. The molecule has 0 radical (unpaired) electrons. The third-order valence-electron chi connectivity index (χ3n) is 3.92. The zero-order valence-corrected chi connectivity index (χ0v) is 11.2. The highest BCUT2D eigenvalue weighted by Crippen LogP contribution is 2.31. The minimum absolute atomic E-state index is 0.0192. The van der Waals surface area contributed by atoms with Crippen molar-refractivity contribution in [3.63, 3.8) is 0 Å². The Morgan fingerprint density at radius 3 is 2.67 bits per heavy atom. The van der Waals surface area contributed by atoms with Gasteiger partial charge in [-0.3, -0.25) is 4.79 Å². The van der Waals surface area contributed by atoms with Crippen LogP contribution in [0.3, 0.4) is 0 Å². The SMILES string of the molecule is CC(C)C(C)C(=O)N[C@@H]1c2ccccc2C[C@@H]1O. The Kier molecular flexibility index (Phi) is 3.71. The lowest BCUT2D eigenvalue weighted by atomic mass is 9.96. The lowest BCUT2D eigenvalue weighted by Crippen LogP contribution is -2.38. The van der Waals surface area contributed by atoms with Crippen LogP contribution in [0.25, 0.3) is 0 Å². The fraction of sp³-hybridized carbons (Fsp3) is 0.533. The second-order valence-corrected chi connectivity index (χ2v) is 5.49. The van der Waals surface area contributed by atoms with Crippen molar-refractivity contribution in [2.45, 2.75) is 39.3 Å². The van der Waals surface area contributed by atoms with Crippen molar-refractivity contribution >= 4 is 5.91 Å². The molecule has 3 nitrogen and oxygen atoms in total. The molecule has 0 bridgehead atoms. The fourth-order valence-electron chi connectivity index (χ4n) is 2.34. The first-order chi connectivity index (χ1) is 8.50. The first-order valence-electron chi connectivity index (χ1n) is 6.57. The molecule has 98 valence electrons. The number of amides is 1. The standard InChI is InChI=1S/C15H21NO2/c1-9(2)10(3)15(18)16-14-12-7-5-4-6-11(12)8-13(14)17/h4-7,9-10,13-14,17H,8H2,1-3H3,(H,16,18)/t10?,13-,14+/m0/s1. The summed E-state index contributed by atoms with van der Waals surface area (Å²) < 4.78 is 0. The molecular weight excluding hydrogens is 226 g/mol. The van der Waals surface area contributed by atoms with E-state index < -0.39 is 6.10 Å². The van der Waals surface area contributed by atoms with Gasteiger partial charge in [-0.15, -0.1) is 0 Å². The van der Waals surface area contributed by atoms with E-state index in [4.69, 9.17) is 0 Å². The molecule has 0 saturated carbocycles. The molecule has 0 aromatic heterocycles. The van der Waals surface area contributed by atoms with Crippen LogP contribution in [0.4, 0.5) is 0 Å². The Bertz CT molecular complexity index is 442. The van der Waals surface area contributed by atoms with E-state index in [1.54, 1.807) is 0 Å². The molecule has 0 aliphatic heterocycles. The van der Waals surface area contributed by atoms with Crippen molar-refractivity contribution in [1.82, 2.24) is 5.32 Å². The zero-order valence-electron chi connectivity index (χ0n) is 11.2. The van der Waals surface area contributed by atoms with Crippen LogP contribution >= 0.6 is 0 Å². The fourth-order valence-corrected chi connectivity index (χ4v) is 2.34. The Morgan fingerprint density at radius 1 is 1.33 bits per heavy atom. The second-order valence-electron chi connectivity index (χ2n) is 5.49. The number of hydrogen-bond donors (Lipinski definition) is 2. The molecule has 1 aliphatic rings. The van der Waals surface area contributed by atoms with Gasteiger partial charge in [-0.2, -0.15) is 0 Å². The van der Waals surface area contributed by atoms with E-state index in [-0.39, 0.29) is 17.9 Å². The molecule has 0 saturated heterocycles. The molecule has 0 fully saturated rings. The molecule has 3 atom stereocenters. The highest BCUT2D eigenvalue weighted by Gasteiger charge is 2.33. The van der Waals surface area contributed by atoms with Crippen LogP contribution in [0.15, 0.2) is 24.3 Å². The number of nitrogens with one attached hydrogen (secondary N) is 1. The minimum Gasteiger partial charge on any atom is -0.390 e. The van der Waals surface area contributed by atoms with Crippen LogP contribution in [0.1, 0.15) is 37.9 Å². The van der Waals surface area contributed by atoms with E-state index in [9.17, 15) is 9.90 Å². The molecule has 1 aromatic carbocycles. The smallest absolute Gasteiger partial charge is 0.223 e. The lowest BCUT2D eigenvalue weighted by molar-refractivity contribution is -0.127. The number of hydrogen-bond acceptors (Lipinski definition) is 2. The average Bonchev–Trinajstić information content (AvgIpc) is 2.65. The largest absolute Gasteiger partial charge is 0.390 e. The number of carbonyl (C=O) groups is 1. The van der Waals surface area contributed by atoms with Crippen LogP contribution in [0.5, 0.6) is 0 Å². The molecule has 3 heteroatoms. The van der Waals surface area contributed by atoms with Gasteiger partial charge in [0, 0.05) is 12.3 Å². The van der Waals surface area contributed by atoms with Gasteiger partial charge in [0.2, 0.25) is 5.91 Å². The zero-order chi connectivity index (χ0) is 13.3. The summed E-state index contributed by atoms with van der Waals surface area (Å²) in [4.78, 5) is 12.1. The summed E-state index contributed by atoms with van der Waals surface area (Å²) in [5.41, 5.74) is 2.18. The maximum atomic E-state index is 12.1. The molecular formula is C15H21NO2. The van der Waals surface area contributed by atoms with Gasteiger partial charge in [0.25, 0.3) is 0 Å². The molecule has 0 heterocycles. The maximum absolute atomic E-state index is 12.1. The summed E-state index contributed by atoms with van der Waals surface area (Å²) in [5.74, 6) is 0.287. The van der Waals surface area contributed by atoms with E-state index >= 15 is 0 Å². The number of rotatable bonds is 3. The molecule has 0 spiro atoms. The number of benzene rings is 1. The molecule has 1 aliphatic carbocycles. The van der Waals surface area contributed by atoms with Gasteiger partial charge in [0.05, 0.1) is 12.1 Å². The molecule has 1 aromatic rings. The summed E-state index contributed by atoms with van der Waals surface area (Å²) in [6.07, 6.45) is 0.114. The summed E-state index contributed by atoms with van der Waals surface area (Å²) in [5, 5.41) is 13.0. The average molecular weight is 247 g/mol. The van der Waals surface area contributed by atoms with E-state index in [2.05, 4.69) is 5.32 Å². The third-order valence-corrected chi connectivity index (χ3v) is 3.92. The van der Waals surface area contributed by atoms with Crippen molar-refractivity contribution in [3.8, 4) is 0 Å². The Balaban J connectivity index is 2.13. The van der Waals surface area contributed by atoms with Crippen molar-refractivity contribution in [3.05, 3.63) is 35.4 Å². The van der Waals surface area contributed by atoms with E-state index in [0.717, 1.165) is 11.1 Å². The Hall–Kier alpha value is -1.35. The van der Waals surface area contributed by atoms with Gasteiger partial charge in [0.15, 0.2) is 0 Å². The van der Waals surface area contributed by atoms with Gasteiger partial charge in [-0.1, -0.05) is 45.0 Å². The minimum atomic E-state index is -0.509. The summed E-state index contributed by atoms with van der Waals surface area (Å²) >= 11 is 0. The van der Waals surface area contributed by atoms with Gasteiger partial charge >= 0.3 is 0 Å². The van der Waals surface area contributed by atoms with Crippen molar-refractivity contribution in [1.29, 1.82) is 0 Å². The van der Waals surface area contributed by atoms with Crippen LogP contribution in [-0.4, -0.2) is 17.1 Å². The van der Waals surface area contributed by atoms with Gasteiger partial charge < -0.3 is 10.4 Å². The molecule has 1 unspecified atom stereocenters. The van der Waals surface area contributed by atoms with Crippen molar-refractivity contribution < 1.29 is 9.90 Å². The van der Waals surface area contributed by atoms with Gasteiger partial charge in [-0.25, -0.2) is 0 Å². The third kappa shape index (κ3) is 2.41. The van der Waals surface area contributed by atoms with Crippen molar-refractivity contribution in [2.75, 3.05) is 0 Å². The van der Waals surface area contributed by atoms with Gasteiger partial charge in [-0.05, 0) is 17.0 Å². The number of fused-ring (bicyclic) bond motifs is 1. The first-order valence-corrected chi connectivity index (χ1v) is 6.57. The summed E-state index contributed by atoms with van der Waals surface area (Å²) in [7, 11) is 0. The van der Waals surface area contributed by atoms with E-state index in [1.165, 1.54) is 0 Å². The quantitative estimate of drug-likeness (QED) is 0.859. The van der Waals surface area contributed by atoms with Crippen LogP contribution in [0, 0.1) is 11.8 Å². The van der Waals surface area contributed by atoms with E-state index in [1.807, 2.05) is 45.0 Å². The number of carbonyl (C=O) groups excluding carboxylic acids is 1. The van der Waals surface area contributed by atoms with Gasteiger partial charge in [0.1, 0.15) is 0 Å². The second kappa shape index (κ2) is 5.11. The Labute approximate surface area is 108 Å². The highest BCUT2D eigenvalue weighted by atomic mass is 16.3. The summed E-state index contributed by atoms with van der Waals surface area (Å²) in [6, 6.07) is 7.65. The maximum Gasteiger partial charge on any atom is 0.223 e. The predicted molar refractivity (Wildman–Crippen MR) is 71.0 cm³/mol. The highest BCUT2D eigenvalue weighted by molar-refractivity contribution is 5.79. The number of aliphatic hydroxyl groups is 1. The monoisotopic (exact) mass is 247 g/mol.